The van der Waals surface area contributed by atoms with E-state index in [2.05, 4.69) is 29.0 Å². The molecule has 62 valence electrons. The standard InChI is InChI=1S/C10H12N2/c1-2-8-7-11-9-5-3-4-6-10(9)12-8/h3-4,7H,2,5-6H2,1H3. The van der Waals surface area contributed by atoms with Gasteiger partial charge in [-0.25, -0.2) is 0 Å². The summed E-state index contributed by atoms with van der Waals surface area (Å²) in [7, 11) is 0. The Labute approximate surface area is 72.4 Å². The summed E-state index contributed by atoms with van der Waals surface area (Å²) in [5.74, 6) is 0. The second-order valence-electron chi connectivity index (χ2n) is 2.99. The molecule has 2 heteroatoms. The van der Waals surface area contributed by atoms with Crippen LogP contribution < -0.4 is 0 Å². The summed E-state index contributed by atoms with van der Waals surface area (Å²) < 4.78 is 0. The van der Waals surface area contributed by atoms with Crippen LogP contribution in [-0.4, -0.2) is 9.97 Å². The van der Waals surface area contributed by atoms with Gasteiger partial charge in [-0.05, 0) is 6.42 Å². The molecular formula is C10H12N2. The molecule has 0 fully saturated rings. The number of allylic oxidation sites excluding steroid dienone is 2. The maximum atomic E-state index is 4.52. The van der Waals surface area contributed by atoms with Crippen LogP contribution in [0.3, 0.4) is 0 Å². The molecule has 0 N–H and O–H groups in total. The third-order valence-corrected chi connectivity index (χ3v) is 2.13. The van der Waals surface area contributed by atoms with Crippen molar-refractivity contribution in [1.29, 1.82) is 0 Å². The minimum atomic E-state index is 0.951. The molecule has 0 aliphatic heterocycles. The van der Waals surface area contributed by atoms with Gasteiger partial charge in [-0.3, -0.25) is 9.97 Å². The van der Waals surface area contributed by atoms with Gasteiger partial charge in [0.05, 0.1) is 17.1 Å². The van der Waals surface area contributed by atoms with Crippen molar-refractivity contribution in [3.8, 4) is 0 Å². The normalized spacial score (nSPS) is 14.4. The van der Waals surface area contributed by atoms with Crippen molar-refractivity contribution in [2.75, 3.05) is 0 Å². The molecule has 0 aromatic carbocycles. The quantitative estimate of drug-likeness (QED) is 0.584. The number of aryl methyl sites for hydroxylation is 1. The lowest BCUT2D eigenvalue weighted by atomic mass is 10.1. The van der Waals surface area contributed by atoms with Gasteiger partial charge in [0, 0.05) is 19.0 Å². The van der Waals surface area contributed by atoms with E-state index in [4.69, 9.17) is 0 Å². The van der Waals surface area contributed by atoms with Crippen LogP contribution >= 0.6 is 0 Å². The first-order valence-electron chi connectivity index (χ1n) is 4.39. The average Bonchev–Trinajstić information content (AvgIpc) is 2.17. The molecule has 0 radical (unpaired) electrons. The Kier molecular flexibility index (Phi) is 1.90. The van der Waals surface area contributed by atoms with Crippen molar-refractivity contribution in [3.05, 3.63) is 35.4 Å². The Hall–Kier alpha value is -1.18. The fraction of sp³-hybridized carbons (Fsp3) is 0.400. The minimum absolute atomic E-state index is 0.951. The number of nitrogens with zero attached hydrogens (tertiary/aromatic N) is 2. The summed E-state index contributed by atoms with van der Waals surface area (Å²) in [4.78, 5) is 8.89. The van der Waals surface area contributed by atoms with Gasteiger partial charge in [0.1, 0.15) is 0 Å². The third kappa shape index (κ3) is 1.24. The SMILES string of the molecule is CCc1cnc2c(n1)CC=CC2. The Morgan fingerprint density at radius 1 is 1.25 bits per heavy atom. The van der Waals surface area contributed by atoms with E-state index in [1.807, 2.05) is 6.20 Å². The number of aromatic nitrogens is 2. The fourth-order valence-electron chi connectivity index (χ4n) is 1.39. The Morgan fingerprint density at radius 2 is 2.00 bits per heavy atom. The number of rotatable bonds is 1. The van der Waals surface area contributed by atoms with E-state index in [1.165, 1.54) is 0 Å². The lowest BCUT2D eigenvalue weighted by Crippen LogP contribution is -2.05. The fourth-order valence-corrected chi connectivity index (χ4v) is 1.39. The predicted molar refractivity (Wildman–Crippen MR) is 48.0 cm³/mol. The number of hydrogen-bond donors (Lipinski definition) is 0. The topological polar surface area (TPSA) is 25.8 Å². The smallest absolute Gasteiger partial charge is 0.0662 e. The van der Waals surface area contributed by atoms with Gasteiger partial charge in [0.15, 0.2) is 0 Å². The van der Waals surface area contributed by atoms with E-state index in [9.17, 15) is 0 Å². The van der Waals surface area contributed by atoms with Gasteiger partial charge in [-0.1, -0.05) is 19.1 Å². The lowest BCUT2D eigenvalue weighted by molar-refractivity contribution is 0.880. The van der Waals surface area contributed by atoms with E-state index in [-0.39, 0.29) is 0 Å². The highest BCUT2D eigenvalue weighted by Gasteiger charge is 2.07. The lowest BCUT2D eigenvalue weighted by Gasteiger charge is -2.09. The van der Waals surface area contributed by atoms with Gasteiger partial charge in [-0.15, -0.1) is 0 Å². The predicted octanol–water partition coefficient (Wildman–Crippen LogP) is 1.69. The molecule has 0 saturated heterocycles. The molecule has 1 aliphatic rings. The first-order valence-corrected chi connectivity index (χ1v) is 4.39. The van der Waals surface area contributed by atoms with Crippen LogP contribution in [0, 0.1) is 0 Å². The van der Waals surface area contributed by atoms with Crippen LogP contribution in [0.15, 0.2) is 18.3 Å². The first-order chi connectivity index (χ1) is 5.90. The van der Waals surface area contributed by atoms with E-state index < -0.39 is 0 Å². The minimum Gasteiger partial charge on any atom is -0.257 e. The van der Waals surface area contributed by atoms with Gasteiger partial charge in [-0.2, -0.15) is 0 Å². The van der Waals surface area contributed by atoms with Gasteiger partial charge in [0.2, 0.25) is 0 Å². The van der Waals surface area contributed by atoms with E-state index in [0.29, 0.717) is 0 Å². The van der Waals surface area contributed by atoms with Crippen molar-refractivity contribution in [2.45, 2.75) is 26.2 Å². The molecule has 0 spiro atoms. The highest BCUT2D eigenvalue weighted by Crippen LogP contribution is 2.11. The zero-order valence-electron chi connectivity index (χ0n) is 7.25. The third-order valence-electron chi connectivity index (χ3n) is 2.13. The summed E-state index contributed by atoms with van der Waals surface area (Å²) in [5.41, 5.74) is 3.41. The van der Waals surface area contributed by atoms with Crippen LogP contribution in [0.1, 0.15) is 24.0 Å². The molecule has 1 aromatic rings. The van der Waals surface area contributed by atoms with Gasteiger partial charge >= 0.3 is 0 Å². The van der Waals surface area contributed by atoms with Crippen molar-refractivity contribution in [3.63, 3.8) is 0 Å². The van der Waals surface area contributed by atoms with Crippen molar-refractivity contribution in [2.24, 2.45) is 0 Å². The molecule has 0 saturated carbocycles. The molecule has 0 bridgehead atoms. The zero-order chi connectivity index (χ0) is 8.39. The van der Waals surface area contributed by atoms with E-state index in [0.717, 1.165) is 36.3 Å². The Bertz CT molecular complexity index is 316. The van der Waals surface area contributed by atoms with E-state index in [1.54, 1.807) is 0 Å². The average molecular weight is 160 g/mol. The highest BCUT2D eigenvalue weighted by molar-refractivity contribution is 5.23. The molecule has 0 atom stereocenters. The molecule has 0 unspecified atom stereocenters. The van der Waals surface area contributed by atoms with Gasteiger partial charge in [0.25, 0.3) is 0 Å². The van der Waals surface area contributed by atoms with Crippen LogP contribution in [-0.2, 0) is 19.3 Å². The molecule has 12 heavy (non-hydrogen) atoms. The van der Waals surface area contributed by atoms with E-state index >= 15 is 0 Å². The summed E-state index contributed by atoms with van der Waals surface area (Å²) in [6.45, 7) is 2.11. The summed E-state index contributed by atoms with van der Waals surface area (Å²) >= 11 is 0. The van der Waals surface area contributed by atoms with Crippen molar-refractivity contribution in [1.82, 2.24) is 9.97 Å². The summed E-state index contributed by atoms with van der Waals surface area (Å²) in [6.07, 6.45) is 9.09. The molecule has 2 rings (SSSR count). The molecule has 2 nitrogen and oxygen atoms in total. The number of hydrogen-bond acceptors (Lipinski definition) is 2. The maximum absolute atomic E-state index is 4.52. The highest BCUT2D eigenvalue weighted by atomic mass is 14.8. The van der Waals surface area contributed by atoms with Gasteiger partial charge < -0.3 is 0 Å². The van der Waals surface area contributed by atoms with Crippen molar-refractivity contribution < 1.29 is 0 Å². The van der Waals surface area contributed by atoms with Crippen LogP contribution in [0.2, 0.25) is 0 Å². The van der Waals surface area contributed by atoms with Crippen LogP contribution in [0.25, 0.3) is 0 Å². The molecule has 1 aliphatic carbocycles. The second kappa shape index (κ2) is 3.05. The first kappa shape index (κ1) is 7.47. The Morgan fingerprint density at radius 3 is 2.75 bits per heavy atom. The number of fused-ring (bicyclic) bond motifs is 1. The Balaban J connectivity index is 2.39. The second-order valence-corrected chi connectivity index (χ2v) is 2.99. The van der Waals surface area contributed by atoms with Crippen molar-refractivity contribution >= 4 is 0 Å². The molecule has 1 aromatic heterocycles. The molecular weight excluding hydrogens is 148 g/mol. The molecule has 0 amide bonds. The molecule has 1 heterocycles. The largest absolute Gasteiger partial charge is 0.257 e. The van der Waals surface area contributed by atoms with Crippen LogP contribution in [0.4, 0.5) is 0 Å². The zero-order valence-corrected chi connectivity index (χ0v) is 7.25. The summed E-state index contributed by atoms with van der Waals surface area (Å²) in [6, 6.07) is 0. The summed E-state index contributed by atoms with van der Waals surface area (Å²) in [5, 5.41) is 0. The maximum Gasteiger partial charge on any atom is 0.0662 e. The monoisotopic (exact) mass is 160 g/mol. The van der Waals surface area contributed by atoms with Crippen LogP contribution in [0.5, 0.6) is 0 Å².